The third-order valence-corrected chi connectivity index (χ3v) is 4.90. The molecule has 0 atom stereocenters. The predicted octanol–water partition coefficient (Wildman–Crippen LogP) is 3.64. The number of nitrogens with zero attached hydrogens (tertiary/aromatic N) is 1. The lowest BCUT2D eigenvalue weighted by molar-refractivity contribution is 0.0474. The first-order chi connectivity index (χ1) is 10.2. The summed E-state index contributed by atoms with van der Waals surface area (Å²) in [5, 5.41) is 2.87. The van der Waals surface area contributed by atoms with E-state index in [4.69, 9.17) is 4.74 Å². The summed E-state index contributed by atoms with van der Waals surface area (Å²) in [4.78, 5) is 26.7. The first-order valence-corrected chi connectivity index (χ1v) is 8.90. The molecule has 0 saturated carbocycles. The quantitative estimate of drug-likeness (QED) is 0.840. The van der Waals surface area contributed by atoms with Crippen molar-refractivity contribution in [2.24, 2.45) is 0 Å². The molecule has 2 amide bonds. The van der Waals surface area contributed by atoms with Crippen LogP contribution in [-0.2, 0) is 4.74 Å². The lowest BCUT2D eigenvalue weighted by atomic mass is 10.1. The van der Waals surface area contributed by atoms with E-state index < -0.39 is 5.60 Å². The maximum absolute atomic E-state index is 12.3. The Hall–Kier alpha value is -1.08. The summed E-state index contributed by atoms with van der Waals surface area (Å²) >= 11 is 4.81. The Kier molecular flexibility index (Phi) is 5.50. The number of amides is 2. The number of likely N-dealkylation sites (tertiary alicyclic amines) is 1. The summed E-state index contributed by atoms with van der Waals surface area (Å²) in [7, 11) is 0. The molecule has 2 heterocycles. The molecular weight excluding hydrogens is 368 g/mol. The normalized spacial score (nSPS) is 16.5. The molecule has 122 valence electrons. The third kappa shape index (κ3) is 4.98. The van der Waals surface area contributed by atoms with Crippen molar-refractivity contribution in [2.75, 3.05) is 13.1 Å². The van der Waals surface area contributed by atoms with E-state index >= 15 is 0 Å². The highest BCUT2D eigenvalue weighted by Gasteiger charge is 2.26. The van der Waals surface area contributed by atoms with Gasteiger partial charge in [-0.15, -0.1) is 11.3 Å². The zero-order chi connectivity index (χ0) is 16.3. The third-order valence-electron chi connectivity index (χ3n) is 3.29. The van der Waals surface area contributed by atoms with Crippen molar-refractivity contribution < 1.29 is 14.3 Å². The monoisotopic (exact) mass is 388 g/mol. The van der Waals surface area contributed by atoms with E-state index in [0.717, 1.165) is 21.5 Å². The van der Waals surface area contributed by atoms with Crippen molar-refractivity contribution in [2.45, 2.75) is 45.3 Å². The Morgan fingerprint density at radius 3 is 2.45 bits per heavy atom. The summed E-state index contributed by atoms with van der Waals surface area (Å²) in [5.41, 5.74) is -0.493. The van der Waals surface area contributed by atoms with Crippen LogP contribution in [0.2, 0.25) is 0 Å². The topological polar surface area (TPSA) is 58.6 Å². The van der Waals surface area contributed by atoms with Gasteiger partial charge in [-0.1, -0.05) is 0 Å². The molecule has 2 rings (SSSR count). The molecule has 1 N–H and O–H groups in total. The number of halogens is 1. The lowest BCUT2D eigenvalue weighted by Crippen LogP contribution is -2.47. The molecule has 1 aromatic rings. The molecule has 0 bridgehead atoms. The van der Waals surface area contributed by atoms with E-state index in [-0.39, 0.29) is 18.0 Å². The summed E-state index contributed by atoms with van der Waals surface area (Å²) in [5.74, 6) is 0.0615. The van der Waals surface area contributed by atoms with Crippen LogP contribution in [0.5, 0.6) is 0 Å². The van der Waals surface area contributed by atoms with Gasteiger partial charge in [-0.25, -0.2) is 4.79 Å². The van der Waals surface area contributed by atoms with Crippen LogP contribution in [0.25, 0.3) is 0 Å². The van der Waals surface area contributed by atoms with Crippen LogP contribution >= 0.6 is 27.3 Å². The van der Waals surface area contributed by atoms with Gasteiger partial charge in [-0.2, -0.15) is 0 Å². The van der Waals surface area contributed by atoms with Gasteiger partial charge in [0.05, 0.1) is 8.66 Å². The van der Waals surface area contributed by atoms with Crippen molar-refractivity contribution in [3.05, 3.63) is 20.8 Å². The maximum atomic E-state index is 12.3. The number of hydrogen-bond acceptors (Lipinski definition) is 4. The number of nitrogens with one attached hydrogen (secondary N) is 1. The summed E-state index contributed by atoms with van der Waals surface area (Å²) < 4.78 is 6.21. The molecule has 0 aromatic carbocycles. The number of ether oxygens (including phenoxy) is 1. The standard InChI is InChI=1S/C15H21BrN2O3S/c1-15(2,3)21-14(20)17-10-6-8-18(9-7-10)13(19)11-4-5-12(16)22-11/h4-5,10H,6-9H2,1-3H3,(H,17,20). The smallest absolute Gasteiger partial charge is 0.407 e. The average molecular weight is 389 g/mol. The van der Waals surface area contributed by atoms with E-state index in [1.54, 1.807) is 0 Å². The molecule has 0 radical (unpaired) electrons. The highest BCUT2D eigenvalue weighted by atomic mass is 79.9. The molecule has 0 unspecified atom stereocenters. The van der Waals surface area contributed by atoms with E-state index in [1.807, 2.05) is 37.8 Å². The van der Waals surface area contributed by atoms with Gasteiger partial charge in [0.15, 0.2) is 0 Å². The fourth-order valence-electron chi connectivity index (χ4n) is 2.29. The number of carbonyl (C=O) groups excluding carboxylic acids is 2. The van der Waals surface area contributed by atoms with Gasteiger partial charge in [0.2, 0.25) is 0 Å². The van der Waals surface area contributed by atoms with Crippen molar-refractivity contribution in [1.82, 2.24) is 10.2 Å². The Morgan fingerprint density at radius 1 is 1.32 bits per heavy atom. The molecule has 22 heavy (non-hydrogen) atoms. The largest absolute Gasteiger partial charge is 0.444 e. The van der Waals surface area contributed by atoms with Crippen molar-refractivity contribution >= 4 is 39.3 Å². The molecule has 7 heteroatoms. The molecule has 0 aliphatic carbocycles. The fraction of sp³-hybridized carbons (Fsp3) is 0.600. The van der Waals surface area contributed by atoms with Crippen LogP contribution in [0.3, 0.4) is 0 Å². The Morgan fingerprint density at radius 2 is 1.95 bits per heavy atom. The van der Waals surface area contributed by atoms with E-state index in [9.17, 15) is 9.59 Å². The Labute approximate surface area is 143 Å². The second kappa shape index (κ2) is 7.00. The van der Waals surface area contributed by atoms with Gasteiger partial charge in [0, 0.05) is 19.1 Å². The number of rotatable bonds is 2. The van der Waals surface area contributed by atoms with Crippen LogP contribution in [0, 0.1) is 0 Å². The Bertz CT molecular complexity index is 545. The molecule has 1 fully saturated rings. The SMILES string of the molecule is CC(C)(C)OC(=O)NC1CCN(C(=O)c2ccc(Br)s2)CC1. The lowest BCUT2D eigenvalue weighted by Gasteiger charge is -2.32. The number of carbonyl (C=O) groups is 2. The van der Waals surface area contributed by atoms with E-state index in [2.05, 4.69) is 21.2 Å². The van der Waals surface area contributed by atoms with Gasteiger partial charge in [0.25, 0.3) is 5.91 Å². The van der Waals surface area contributed by atoms with Gasteiger partial charge in [-0.3, -0.25) is 4.79 Å². The maximum Gasteiger partial charge on any atom is 0.407 e. The molecule has 1 aliphatic rings. The minimum Gasteiger partial charge on any atom is -0.444 e. The average Bonchev–Trinajstić information content (AvgIpc) is 2.83. The number of piperidine rings is 1. The molecular formula is C15H21BrN2O3S. The van der Waals surface area contributed by atoms with Crippen molar-refractivity contribution in [1.29, 1.82) is 0 Å². The van der Waals surface area contributed by atoms with Crippen LogP contribution in [-0.4, -0.2) is 41.6 Å². The predicted molar refractivity (Wildman–Crippen MR) is 90.3 cm³/mol. The minimum absolute atomic E-state index is 0.0615. The minimum atomic E-state index is -0.493. The Balaban J connectivity index is 1.80. The van der Waals surface area contributed by atoms with Crippen LogP contribution in [0.1, 0.15) is 43.3 Å². The summed E-state index contributed by atoms with van der Waals surface area (Å²) in [6.07, 6.45) is 1.11. The molecule has 0 spiro atoms. The number of hydrogen-bond donors (Lipinski definition) is 1. The summed E-state index contributed by atoms with van der Waals surface area (Å²) in [6.45, 7) is 6.82. The zero-order valence-electron chi connectivity index (χ0n) is 13.0. The fourth-order valence-corrected chi connectivity index (χ4v) is 3.64. The van der Waals surface area contributed by atoms with Gasteiger partial charge in [-0.05, 0) is 61.7 Å². The van der Waals surface area contributed by atoms with E-state index in [1.165, 1.54) is 11.3 Å². The van der Waals surface area contributed by atoms with Crippen LogP contribution < -0.4 is 5.32 Å². The molecule has 5 nitrogen and oxygen atoms in total. The van der Waals surface area contributed by atoms with Crippen LogP contribution in [0.4, 0.5) is 4.79 Å². The van der Waals surface area contributed by atoms with Gasteiger partial charge in [0.1, 0.15) is 5.60 Å². The molecule has 1 aliphatic heterocycles. The zero-order valence-corrected chi connectivity index (χ0v) is 15.4. The van der Waals surface area contributed by atoms with E-state index in [0.29, 0.717) is 13.1 Å². The first-order valence-electron chi connectivity index (χ1n) is 7.29. The molecule has 1 saturated heterocycles. The van der Waals surface area contributed by atoms with Gasteiger partial charge >= 0.3 is 6.09 Å². The second-order valence-electron chi connectivity index (χ2n) is 6.32. The van der Waals surface area contributed by atoms with Crippen LogP contribution in [0.15, 0.2) is 15.9 Å². The number of alkyl carbamates (subject to hydrolysis) is 1. The first kappa shape index (κ1) is 17.3. The number of thiophene rings is 1. The second-order valence-corrected chi connectivity index (χ2v) is 8.78. The molecule has 1 aromatic heterocycles. The summed E-state index contributed by atoms with van der Waals surface area (Å²) in [6, 6.07) is 3.78. The highest BCUT2D eigenvalue weighted by Crippen LogP contribution is 2.24. The highest BCUT2D eigenvalue weighted by molar-refractivity contribution is 9.11. The van der Waals surface area contributed by atoms with Crippen molar-refractivity contribution in [3.8, 4) is 0 Å². The van der Waals surface area contributed by atoms with Crippen molar-refractivity contribution in [3.63, 3.8) is 0 Å². The van der Waals surface area contributed by atoms with Gasteiger partial charge < -0.3 is 15.0 Å².